The van der Waals surface area contributed by atoms with Gasteiger partial charge in [0.15, 0.2) is 0 Å². The van der Waals surface area contributed by atoms with Gasteiger partial charge in [0.05, 0.1) is 29.4 Å². The molecule has 0 atom stereocenters. The highest BCUT2D eigenvalue weighted by Crippen LogP contribution is 2.40. The number of anilines is 1. The molecule has 0 saturated carbocycles. The van der Waals surface area contributed by atoms with Gasteiger partial charge in [0.2, 0.25) is 0 Å². The summed E-state index contributed by atoms with van der Waals surface area (Å²) < 4.78 is 38.2. The number of hydrogen-bond acceptors (Lipinski definition) is 3. The van der Waals surface area contributed by atoms with Crippen LogP contribution in [0.1, 0.15) is 5.56 Å². The van der Waals surface area contributed by atoms with E-state index in [1.807, 2.05) is 0 Å². The van der Waals surface area contributed by atoms with Gasteiger partial charge in [-0.25, -0.2) is 0 Å². The van der Waals surface area contributed by atoms with Gasteiger partial charge in [-0.05, 0) is 12.1 Å². The molecule has 0 bridgehead atoms. The summed E-state index contributed by atoms with van der Waals surface area (Å²) in [6.07, 6.45) is -4.54. The molecule has 0 radical (unpaired) electrons. The Bertz CT molecular complexity index is 515. The van der Waals surface area contributed by atoms with Crippen molar-refractivity contribution in [3.63, 3.8) is 0 Å². The Morgan fingerprint density at radius 2 is 2.05 bits per heavy atom. The van der Waals surface area contributed by atoms with Gasteiger partial charge in [-0.15, -0.1) is 0 Å². The van der Waals surface area contributed by atoms with Gasteiger partial charge in [-0.2, -0.15) is 13.2 Å². The molecule has 1 aliphatic heterocycles. The average Bonchev–Trinajstić information content (AvgIpc) is 2.81. The topological polar surface area (TPSA) is 36.4 Å². The second-order valence-corrected chi connectivity index (χ2v) is 4.74. The molecule has 1 aromatic rings. The van der Waals surface area contributed by atoms with Crippen LogP contribution in [0.5, 0.6) is 0 Å². The zero-order valence-corrected chi connectivity index (χ0v) is 11.1. The molecule has 0 amide bonds. The second kappa shape index (κ2) is 5.46. The first kappa shape index (κ1) is 14.3. The zero-order chi connectivity index (χ0) is 14.0. The third-order valence-electron chi connectivity index (χ3n) is 2.53. The number of hydrogen-bond donors (Lipinski definition) is 2. The number of alkyl halides is 3. The van der Waals surface area contributed by atoms with Crippen LogP contribution < -0.4 is 10.6 Å². The molecule has 0 unspecified atom stereocenters. The molecule has 0 fully saturated rings. The van der Waals surface area contributed by atoms with E-state index in [9.17, 15) is 13.2 Å². The summed E-state index contributed by atoms with van der Waals surface area (Å²) in [6, 6.07) is 2.16. The van der Waals surface area contributed by atoms with Gasteiger partial charge in [0.1, 0.15) is 5.84 Å². The molecule has 1 heterocycles. The van der Waals surface area contributed by atoms with Crippen LogP contribution in [-0.2, 0) is 6.18 Å². The molecule has 19 heavy (non-hydrogen) atoms. The minimum atomic E-state index is -4.54. The molecule has 1 aliphatic rings. The van der Waals surface area contributed by atoms with Crippen LogP contribution in [-0.4, -0.2) is 25.5 Å². The van der Waals surface area contributed by atoms with E-state index in [4.69, 9.17) is 23.2 Å². The molecule has 0 aliphatic carbocycles. The van der Waals surface area contributed by atoms with E-state index in [1.54, 1.807) is 0 Å². The van der Waals surface area contributed by atoms with Crippen LogP contribution in [0.2, 0.25) is 10.0 Å². The summed E-state index contributed by atoms with van der Waals surface area (Å²) in [7, 11) is 0. The normalized spacial score (nSPS) is 15.1. The van der Waals surface area contributed by atoms with Crippen LogP contribution in [0.3, 0.4) is 0 Å². The summed E-state index contributed by atoms with van der Waals surface area (Å²) in [5.41, 5.74) is -0.816. The first-order valence-electron chi connectivity index (χ1n) is 5.45. The van der Waals surface area contributed by atoms with E-state index in [0.29, 0.717) is 12.4 Å². The fourth-order valence-electron chi connectivity index (χ4n) is 1.67. The molecule has 2 N–H and O–H groups in total. The fourth-order valence-corrected chi connectivity index (χ4v) is 2.17. The summed E-state index contributed by atoms with van der Waals surface area (Å²) in [6.45, 7) is 1.67. The minimum Gasteiger partial charge on any atom is -0.377 e. The third kappa shape index (κ3) is 3.45. The van der Waals surface area contributed by atoms with Crippen molar-refractivity contribution in [2.24, 2.45) is 4.99 Å². The average molecular weight is 312 g/mol. The first-order valence-corrected chi connectivity index (χ1v) is 6.21. The Kier molecular flexibility index (Phi) is 4.10. The van der Waals surface area contributed by atoms with Crippen LogP contribution >= 0.6 is 23.2 Å². The number of nitrogens with zero attached hydrogens (tertiary/aromatic N) is 1. The van der Waals surface area contributed by atoms with Gasteiger partial charge in [-0.1, -0.05) is 23.2 Å². The third-order valence-corrected chi connectivity index (χ3v) is 3.16. The maximum Gasteiger partial charge on any atom is 0.417 e. The summed E-state index contributed by atoms with van der Waals surface area (Å²) in [5, 5.41) is 5.37. The summed E-state index contributed by atoms with van der Waals surface area (Å²) in [4.78, 5) is 4.12. The minimum absolute atomic E-state index is 0.0273. The van der Waals surface area contributed by atoms with E-state index in [0.717, 1.165) is 12.6 Å². The summed E-state index contributed by atoms with van der Waals surface area (Å²) >= 11 is 11.4. The molecule has 3 nitrogen and oxygen atoms in total. The van der Waals surface area contributed by atoms with Crippen LogP contribution in [0.25, 0.3) is 0 Å². The lowest BCUT2D eigenvalue weighted by Gasteiger charge is -2.14. The molecule has 0 saturated heterocycles. The van der Waals surface area contributed by atoms with Crippen molar-refractivity contribution in [2.75, 3.05) is 25.0 Å². The van der Waals surface area contributed by atoms with Crippen LogP contribution in [0.4, 0.5) is 18.9 Å². The molecule has 0 aromatic heterocycles. The highest BCUT2D eigenvalue weighted by Gasteiger charge is 2.34. The van der Waals surface area contributed by atoms with E-state index in [2.05, 4.69) is 15.6 Å². The van der Waals surface area contributed by atoms with Crippen LogP contribution in [0.15, 0.2) is 17.1 Å². The lowest BCUT2D eigenvalue weighted by atomic mass is 10.2. The Balaban J connectivity index is 2.22. The Labute approximate surface area is 117 Å². The van der Waals surface area contributed by atoms with E-state index < -0.39 is 16.8 Å². The van der Waals surface area contributed by atoms with Crippen molar-refractivity contribution < 1.29 is 13.2 Å². The molecule has 104 valence electrons. The zero-order valence-electron chi connectivity index (χ0n) is 9.61. The van der Waals surface area contributed by atoms with E-state index in [1.165, 1.54) is 6.07 Å². The van der Waals surface area contributed by atoms with Gasteiger partial charge in [0.25, 0.3) is 0 Å². The smallest absolute Gasteiger partial charge is 0.377 e. The number of amidine groups is 1. The Morgan fingerprint density at radius 1 is 1.32 bits per heavy atom. The van der Waals surface area contributed by atoms with Crippen molar-refractivity contribution in [1.29, 1.82) is 0 Å². The molecule has 1 aromatic carbocycles. The second-order valence-electron chi connectivity index (χ2n) is 3.92. The Morgan fingerprint density at radius 3 is 2.63 bits per heavy atom. The monoisotopic (exact) mass is 311 g/mol. The maximum absolute atomic E-state index is 12.7. The lowest BCUT2D eigenvalue weighted by molar-refractivity contribution is -0.137. The number of rotatable bonds is 3. The van der Waals surface area contributed by atoms with Crippen molar-refractivity contribution in [3.8, 4) is 0 Å². The maximum atomic E-state index is 12.7. The van der Waals surface area contributed by atoms with Gasteiger partial charge < -0.3 is 10.6 Å². The molecule has 2 rings (SSSR count). The SMILES string of the molecule is FC(F)(F)c1cc(Cl)cc(NCC2=NCCN2)c1Cl. The highest BCUT2D eigenvalue weighted by atomic mass is 35.5. The molecule has 8 heteroatoms. The number of benzene rings is 1. The lowest BCUT2D eigenvalue weighted by Crippen LogP contribution is -2.26. The van der Waals surface area contributed by atoms with E-state index >= 15 is 0 Å². The Hall–Kier alpha value is -1.14. The molecule has 0 spiro atoms. The predicted octanol–water partition coefficient (Wildman–Crippen LogP) is 3.43. The van der Waals surface area contributed by atoms with E-state index in [-0.39, 0.29) is 17.3 Å². The standard InChI is InChI=1S/C11H10Cl2F3N3/c12-6-3-7(11(14,15)16)10(13)8(4-6)19-5-9-17-1-2-18-9/h3-4,19H,1-2,5H2,(H,17,18). The molecular weight excluding hydrogens is 302 g/mol. The van der Waals surface area contributed by atoms with Gasteiger partial charge >= 0.3 is 6.18 Å². The number of halogens is 5. The van der Waals surface area contributed by atoms with Gasteiger partial charge in [-0.3, -0.25) is 4.99 Å². The quantitative estimate of drug-likeness (QED) is 0.897. The number of nitrogens with one attached hydrogen (secondary N) is 2. The molecular formula is C11H10Cl2F3N3. The van der Waals surface area contributed by atoms with Crippen molar-refractivity contribution >= 4 is 34.7 Å². The van der Waals surface area contributed by atoms with Crippen molar-refractivity contribution in [3.05, 3.63) is 27.7 Å². The van der Waals surface area contributed by atoms with Crippen molar-refractivity contribution in [2.45, 2.75) is 6.18 Å². The van der Waals surface area contributed by atoms with Crippen molar-refractivity contribution in [1.82, 2.24) is 5.32 Å². The van der Waals surface area contributed by atoms with Gasteiger partial charge in [0, 0.05) is 11.6 Å². The van der Waals surface area contributed by atoms with Crippen LogP contribution in [0, 0.1) is 0 Å². The summed E-state index contributed by atoms with van der Waals surface area (Å²) in [5.74, 6) is 0.685. The largest absolute Gasteiger partial charge is 0.417 e. The predicted molar refractivity (Wildman–Crippen MR) is 70.3 cm³/mol. The number of aliphatic imine (C=N–C) groups is 1. The fraction of sp³-hybridized carbons (Fsp3) is 0.364. The highest BCUT2D eigenvalue weighted by molar-refractivity contribution is 6.36. The first-order chi connectivity index (χ1) is 8.88.